The summed E-state index contributed by atoms with van der Waals surface area (Å²) in [5, 5.41) is 0. The van der Waals surface area contributed by atoms with Crippen molar-refractivity contribution < 1.29 is 70.8 Å². The maximum Gasteiger partial charge on any atom is 0.743 e. The first kappa shape index (κ1) is 55.7. The number of aromatic nitrogens is 1. The van der Waals surface area contributed by atoms with E-state index in [4.69, 9.17) is 14.3 Å². The van der Waals surface area contributed by atoms with E-state index in [2.05, 4.69) is 0 Å². The van der Waals surface area contributed by atoms with Gasteiger partial charge in [0.15, 0.2) is 34.8 Å². The Morgan fingerprint density at radius 3 is 1.29 bits per heavy atom. The van der Waals surface area contributed by atoms with Crippen LogP contribution in [-0.4, -0.2) is 17.4 Å². The van der Waals surface area contributed by atoms with Crippen LogP contribution in [0.1, 0.15) is 97.3 Å². The minimum Gasteiger partial charge on any atom is -0.502 e. The van der Waals surface area contributed by atoms with Crippen LogP contribution in [0.4, 0.5) is 61.5 Å². The van der Waals surface area contributed by atoms with Crippen LogP contribution in [0.25, 0.3) is 33.7 Å². The molecule has 0 fully saturated rings. The van der Waals surface area contributed by atoms with Gasteiger partial charge in [-0.15, -0.1) is 0 Å². The molecule has 0 bridgehead atoms. The number of fused-ring (bicyclic) bond motifs is 1. The predicted molar refractivity (Wildman–Crippen MR) is 273 cm³/mol. The third kappa shape index (κ3) is 10.3. The zero-order chi connectivity index (χ0) is 57.4. The molecule has 9 rings (SSSR count). The highest BCUT2D eigenvalue weighted by Crippen LogP contribution is 2.48. The summed E-state index contributed by atoms with van der Waals surface area (Å²) < 4.78 is 225. The fourth-order valence-corrected chi connectivity index (χ4v) is 9.23. The molecule has 79 heavy (non-hydrogen) atoms. The van der Waals surface area contributed by atoms with Crippen LogP contribution in [0.3, 0.4) is 0 Å². The van der Waals surface area contributed by atoms with Gasteiger partial charge in [-0.2, -0.15) is 43.9 Å². The zero-order valence-electron chi connectivity index (χ0n) is 42.8. The van der Waals surface area contributed by atoms with E-state index in [9.17, 15) is 26.3 Å². The van der Waals surface area contributed by atoms with Crippen molar-refractivity contribution in [1.82, 2.24) is 4.48 Å². The lowest BCUT2D eigenvalue weighted by Gasteiger charge is -2.26. The van der Waals surface area contributed by atoms with Gasteiger partial charge in [-0.25, -0.2) is 22.6 Å². The van der Waals surface area contributed by atoms with Gasteiger partial charge >= 0.3 is 19.6 Å². The Balaban J connectivity index is 1.51. The highest BCUT2D eigenvalue weighted by Gasteiger charge is 2.48. The molecule has 0 atom stereocenters. The summed E-state index contributed by atoms with van der Waals surface area (Å²) in [5.41, 5.74) is -2.46. The van der Waals surface area contributed by atoms with Gasteiger partial charge in [-0.1, -0.05) is 174 Å². The normalized spacial score (nSPS) is 13.6. The van der Waals surface area contributed by atoms with Gasteiger partial charge in [0.2, 0.25) is 23.3 Å². The molecule has 0 saturated heterocycles. The minimum absolute atomic E-state index is 0.0104. The first-order valence-corrected chi connectivity index (χ1v) is 24.2. The lowest BCUT2D eigenvalue weighted by atomic mass is 9.85. The summed E-state index contributed by atoms with van der Waals surface area (Å²) in [6.45, 7) is 13.3. The third-order valence-electron chi connectivity index (χ3n) is 13.3. The Labute approximate surface area is 444 Å². The van der Waals surface area contributed by atoms with Gasteiger partial charge in [0.25, 0.3) is 0 Å². The first-order valence-electron chi connectivity index (χ1n) is 24.2. The number of hydrogen-bond donors (Lipinski definition) is 0. The number of halogens is 14. The quantitative estimate of drug-likeness (QED) is 0.0777. The number of hydrogen-bond acceptors (Lipinski definition) is 3. The molecule has 406 valence electrons. The van der Waals surface area contributed by atoms with E-state index in [1.165, 1.54) is 18.2 Å². The van der Waals surface area contributed by atoms with E-state index < -0.39 is 99.6 Å². The van der Waals surface area contributed by atoms with Crippen LogP contribution in [0.5, 0.6) is 11.5 Å². The molecule has 19 heteroatoms. The molecule has 0 saturated carbocycles. The monoisotopic (exact) mass is 1100 g/mol. The van der Waals surface area contributed by atoms with Crippen LogP contribution in [-0.2, 0) is 23.2 Å². The van der Waals surface area contributed by atoms with Crippen molar-refractivity contribution in [2.45, 2.75) is 71.6 Å². The van der Waals surface area contributed by atoms with Gasteiger partial charge < -0.3 is 13.8 Å². The highest BCUT2D eigenvalue weighted by molar-refractivity contribution is 6.46. The van der Waals surface area contributed by atoms with Crippen molar-refractivity contribution in [1.29, 1.82) is 0 Å². The van der Waals surface area contributed by atoms with Gasteiger partial charge in [-0.3, -0.25) is 0 Å². The smallest absolute Gasteiger partial charge is 0.502 e. The maximum absolute atomic E-state index is 16.4. The summed E-state index contributed by atoms with van der Waals surface area (Å²) in [4.78, 5) is 5.20. The van der Waals surface area contributed by atoms with Crippen LogP contribution in [0.2, 0.25) is 0 Å². The van der Waals surface area contributed by atoms with Crippen molar-refractivity contribution >= 4 is 24.2 Å². The SMILES string of the molecule is Cc1ccc(C2=N/C(=C(/c3ccccc3)c3c(-c4ccc(C(C)(C)C)cc4)cc(-c4ccc(C(C)(C)C)cc4)n3B(Oc3c(F)c(F)c(C(F)(F)F)c(F)c3F)Oc3c(F)c(F)c(C(F)(F)F)c(F)c3F)c3ccccc32)cc1. The van der Waals surface area contributed by atoms with Crippen LogP contribution >= 0.6 is 0 Å². The molecule has 8 aromatic rings. The largest absolute Gasteiger partial charge is 0.743 e. The van der Waals surface area contributed by atoms with Crippen molar-refractivity contribution in [2.24, 2.45) is 4.99 Å². The molecule has 0 aliphatic carbocycles. The lowest BCUT2D eigenvalue weighted by Crippen LogP contribution is -2.41. The molecule has 1 aliphatic heterocycles. The van der Waals surface area contributed by atoms with Crippen molar-refractivity contribution in [3.05, 3.63) is 236 Å². The predicted octanol–water partition coefficient (Wildman–Crippen LogP) is 17.6. The number of rotatable bonds is 10. The van der Waals surface area contributed by atoms with E-state index in [0.29, 0.717) is 33.5 Å². The second-order valence-electron chi connectivity index (χ2n) is 20.7. The Bertz CT molecular complexity index is 3600. The summed E-state index contributed by atoms with van der Waals surface area (Å²) in [5.74, 6) is -28.5. The average molecular weight is 1100 g/mol. The van der Waals surface area contributed by atoms with Crippen molar-refractivity contribution in [3.63, 3.8) is 0 Å². The summed E-state index contributed by atoms with van der Waals surface area (Å²) in [7, 11) is -3.23. The van der Waals surface area contributed by atoms with Crippen molar-refractivity contribution in [2.75, 3.05) is 0 Å². The van der Waals surface area contributed by atoms with E-state index >= 15 is 35.1 Å². The molecule has 0 N–H and O–H groups in total. The Kier molecular flexibility index (Phi) is 14.3. The van der Waals surface area contributed by atoms with E-state index in [-0.39, 0.29) is 39.3 Å². The standard InChI is InChI=1S/C60H43BF14N2O2/c1-30-17-19-34(20-18-30)52-37-15-11-12-16-38(37)53(76-52)41(33-13-9-8-10-14-33)54-39(31-21-25-35(26-22-31)57(2,3)4)29-40(32-23-27-36(28-24-32)58(5,6)7)77(54)61(78-55-48(66)44(62)42(59(70,71)72)45(63)49(55)67)79-56-50(68)46(64)43(60(73,74)75)47(65)51(56)69/h8-29H,1-7H3/b53-41-. The summed E-state index contributed by atoms with van der Waals surface area (Å²) in [6.07, 6.45) is -12.2. The van der Waals surface area contributed by atoms with E-state index in [1.807, 2.05) is 60.6 Å². The lowest BCUT2D eigenvalue weighted by molar-refractivity contribution is -0.144. The third-order valence-corrected chi connectivity index (χ3v) is 13.3. The van der Waals surface area contributed by atoms with Crippen LogP contribution in [0, 0.1) is 53.5 Å². The molecule has 4 nitrogen and oxygen atoms in total. The molecule has 0 spiro atoms. The number of aryl methyl sites for hydroxylation is 1. The van der Waals surface area contributed by atoms with Gasteiger partial charge in [0.1, 0.15) is 11.1 Å². The van der Waals surface area contributed by atoms with E-state index in [0.717, 1.165) is 15.6 Å². The molecule has 1 aliphatic rings. The second-order valence-corrected chi connectivity index (χ2v) is 20.7. The zero-order valence-corrected chi connectivity index (χ0v) is 42.8. The average Bonchev–Trinajstić information content (AvgIpc) is 4.22. The van der Waals surface area contributed by atoms with Gasteiger partial charge in [0, 0.05) is 33.5 Å². The van der Waals surface area contributed by atoms with Crippen molar-refractivity contribution in [3.8, 4) is 33.9 Å². The fourth-order valence-electron chi connectivity index (χ4n) is 9.23. The molecule has 0 unspecified atom stereocenters. The number of alkyl halides is 6. The molecular formula is C60H43BF14N2O2. The molecule has 7 aromatic carbocycles. The van der Waals surface area contributed by atoms with Crippen LogP contribution in [0.15, 0.2) is 138 Å². The minimum atomic E-state index is -6.09. The number of aliphatic imine (C=N–C) groups is 1. The van der Waals surface area contributed by atoms with E-state index in [1.54, 1.807) is 103 Å². The molecular weight excluding hydrogens is 1060 g/mol. The van der Waals surface area contributed by atoms with Gasteiger partial charge in [-0.05, 0) is 51.6 Å². The number of nitrogens with zero attached hydrogens (tertiary/aromatic N) is 2. The first-order chi connectivity index (χ1) is 37.0. The maximum atomic E-state index is 16.4. The fraction of sp³-hybridized carbons (Fsp3) is 0.183. The second kappa shape index (κ2) is 20.3. The molecule has 0 radical (unpaired) electrons. The van der Waals surface area contributed by atoms with Crippen LogP contribution < -0.4 is 9.31 Å². The Hall–Kier alpha value is -8.09. The summed E-state index contributed by atoms with van der Waals surface area (Å²) in [6, 6.07) is 36.6. The Morgan fingerprint density at radius 1 is 0.456 bits per heavy atom. The summed E-state index contributed by atoms with van der Waals surface area (Å²) >= 11 is 0. The Morgan fingerprint density at radius 2 is 0.861 bits per heavy atom. The molecule has 0 amide bonds. The van der Waals surface area contributed by atoms with Gasteiger partial charge in [0.05, 0.1) is 17.1 Å². The highest BCUT2D eigenvalue weighted by atomic mass is 19.4. The number of benzene rings is 7. The molecule has 1 aromatic heterocycles. The molecule has 2 heterocycles. The topological polar surface area (TPSA) is 35.8 Å².